The first-order valence-corrected chi connectivity index (χ1v) is 8.19. The summed E-state index contributed by atoms with van der Waals surface area (Å²) < 4.78 is 5.82. The van der Waals surface area contributed by atoms with Crippen molar-refractivity contribution in [2.45, 2.75) is 6.61 Å². The highest BCUT2D eigenvalue weighted by molar-refractivity contribution is 6.12. The maximum absolute atomic E-state index is 12.5. The molecule has 1 aromatic heterocycles. The zero-order valence-electron chi connectivity index (χ0n) is 14.7. The molecule has 0 aliphatic heterocycles. The van der Waals surface area contributed by atoms with Crippen LogP contribution < -0.4 is 4.74 Å². The molecule has 1 N–H and O–H groups in total. The average molecular weight is 345 g/mol. The van der Waals surface area contributed by atoms with Gasteiger partial charge in [-0.2, -0.15) is 5.26 Å². The first-order valence-electron chi connectivity index (χ1n) is 8.19. The lowest BCUT2D eigenvalue weighted by Crippen LogP contribution is -2.09. The maximum atomic E-state index is 12.5. The van der Waals surface area contributed by atoms with Crippen LogP contribution in [0.2, 0.25) is 0 Å². The number of nitrogens with zero attached hydrogens (tertiary/aromatic N) is 2. The van der Waals surface area contributed by atoms with Gasteiger partial charge in [0.25, 0.3) is 0 Å². The first kappa shape index (κ1) is 17.3. The number of carbonyl (C=O) groups excluding carboxylic acids is 1. The summed E-state index contributed by atoms with van der Waals surface area (Å²) in [5.41, 5.74) is 2.35. The minimum Gasteiger partial charge on any atom is -0.489 e. The van der Waals surface area contributed by atoms with Crippen LogP contribution in [0, 0.1) is 11.3 Å². The molecule has 5 heteroatoms. The summed E-state index contributed by atoms with van der Waals surface area (Å²) in [4.78, 5) is 17.3. The van der Waals surface area contributed by atoms with Crippen LogP contribution in [0.5, 0.6) is 5.75 Å². The number of carbonyl (C=O) groups is 1. The largest absolute Gasteiger partial charge is 0.489 e. The van der Waals surface area contributed by atoms with Gasteiger partial charge in [0.2, 0.25) is 5.78 Å². The van der Waals surface area contributed by atoms with Crippen LogP contribution in [0.3, 0.4) is 0 Å². The van der Waals surface area contributed by atoms with Gasteiger partial charge in [-0.05, 0) is 23.8 Å². The number of benzene rings is 2. The lowest BCUT2D eigenvalue weighted by molar-refractivity contribution is 0.103. The van der Waals surface area contributed by atoms with E-state index < -0.39 is 0 Å². The zero-order valence-corrected chi connectivity index (χ0v) is 14.7. The minimum atomic E-state index is -0.329. The molecule has 130 valence electrons. The van der Waals surface area contributed by atoms with Gasteiger partial charge in [-0.15, -0.1) is 0 Å². The summed E-state index contributed by atoms with van der Waals surface area (Å²) in [5.74, 6) is 0.385. The van der Waals surface area contributed by atoms with E-state index >= 15 is 0 Å². The molecule has 0 saturated heterocycles. The second kappa shape index (κ2) is 7.58. The molecule has 5 nitrogen and oxygen atoms in total. The number of Topliss-reactive ketones (excluding diaryl/α,β-unsaturated/α-hetero) is 1. The van der Waals surface area contributed by atoms with Crippen molar-refractivity contribution >= 4 is 16.7 Å². The Balaban J connectivity index is 1.81. The van der Waals surface area contributed by atoms with E-state index in [-0.39, 0.29) is 11.4 Å². The Morgan fingerprint density at radius 2 is 1.96 bits per heavy atom. The summed E-state index contributed by atoms with van der Waals surface area (Å²) in [6, 6.07) is 19.2. The van der Waals surface area contributed by atoms with Crippen LogP contribution in [0.25, 0.3) is 10.9 Å². The van der Waals surface area contributed by atoms with Gasteiger partial charge in [0.1, 0.15) is 24.0 Å². The number of fused-ring (bicyclic) bond motifs is 1. The quantitative estimate of drug-likeness (QED) is 0.418. The molecular weight excluding hydrogens is 326 g/mol. The standard InChI is InChI=1S/C21H19N3O2/c1-24(2)13-17(12-22)21(25)20-10-16-8-9-18(11-19(16)23-20)26-14-15-6-4-3-5-7-15/h3-11,13,23H,14H2,1-2H3/b17-13+. The van der Waals surface area contributed by atoms with Crippen molar-refractivity contribution in [3.05, 3.63) is 77.6 Å². The molecule has 0 saturated carbocycles. The number of ether oxygens (including phenoxy) is 1. The van der Waals surface area contributed by atoms with Gasteiger partial charge in [0.05, 0.1) is 5.69 Å². The highest BCUT2D eigenvalue weighted by Crippen LogP contribution is 2.23. The van der Waals surface area contributed by atoms with Crippen molar-refractivity contribution in [1.29, 1.82) is 5.26 Å². The maximum Gasteiger partial charge on any atom is 0.221 e. The van der Waals surface area contributed by atoms with Crippen LogP contribution in [0.1, 0.15) is 16.1 Å². The van der Waals surface area contributed by atoms with Crippen LogP contribution in [-0.4, -0.2) is 29.8 Å². The molecule has 0 unspecified atom stereocenters. The van der Waals surface area contributed by atoms with Crippen LogP contribution in [-0.2, 0) is 6.61 Å². The highest BCUT2D eigenvalue weighted by atomic mass is 16.5. The van der Waals surface area contributed by atoms with Gasteiger partial charge < -0.3 is 14.6 Å². The number of H-pyrrole nitrogens is 1. The highest BCUT2D eigenvalue weighted by Gasteiger charge is 2.15. The Hall–Kier alpha value is -3.52. The summed E-state index contributed by atoms with van der Waals surface area (Å²) in [5, 5.41) is 10.1. The Kier molecular flexibility index (Phi) is 5.04. The van der Waals surface area contributed by atoms with E-state index in [0.29, 0.717) is 18.1 Å². The molecule has 0 aliphatic carbocycles. The summed E-state index contributed by atoms with van der Waals surface area (Å²) in [6.45, 7) is 0.475. The average Bonchev–Trinajstić information content (AvgIpc) is 3.08. The number of aromatic nitrogens is 1. The fourth-order valence-electron chi connectivity index (χ4n) is 2.60. The Bertz CT molecular complexity index is 995. The number of allylic oxidation sites excluding steroid dienone is 1. The molecule has 2 aromatic carbocycles. The summed E-state index contributed by atoms with van der Waals surface area (Å²) in [7, 11) is 3.54. The first-order chi connectivity index (χ1) is 12.6. The second-order valence-corrected chi connectivity index (χ2v) is 6.15. The number of nitrogens with one attached hydrogen (secondary N) is 1. The van der Waals surface area contributed by atoms with Gasteiger partial charge in [-0.3, -0.25) is 4.79 Å². The van der Waals surface area contributed by atoms with E-state index in [4.69, 9.17) is 4.74 Å². The van der Waals surface area contributed by atoms with Gasteiger partial charge in [-0.1, -0.05) is 30.3 Å². The van der Waals surface area contributed by atoms with E-state index in [1.54, 1.807) is 25.1 Å². The van der Waals surface area contributed by atoms with Crippen molar-refractivity contribution in [1.82, 2.24) is 9.88 Å². The third-order valence-corrected chi connectivity index (χ3v) is 3.84. The summed E-state index contributed by atoms with van der Waals surface area (Å²) in [6.07, 6.45) is 1.52. The molecule has 26 heavy (non-hydrogen) atoms. The molecule has 0 atom stereocenters. The molecule has 0 bridgehead atoms. The van der Waals surface area contributed by atoms with E-state index in [1.807, 2.05) is 54.6 Å². The lowest BCUT2D eigenvalue weighted by atomic mass is 10.1. The Morgan fingerprint density at radius 1 is 1.19 bits per heavy atom. The van der Waals surface area contributed by atoms with E-state index in [2.05, 4.69) is 4.98 Å². The van der Waals surface area contributed by atoms with Crippen molar-refractivity contribution in [3.8, 4) is 11.8 Å². The SMILES string of the molecule is CN(C)/C=C(\C#N)C(=O)c1cc2ccc(OCc3ccccc3)cc2[nH]1. The van der Waals surface area contributed by atoms with E-state index in [9.17, 15) is 10.1 Å². The Morgan fingerprint density at radius 3 is 2.65 bits per heavy atom. The fourth-order valence-corrected chi connectivity index (χ4v) is 2.60. The molecule has 1 heterocycles. The molecule has 0 fully saturated rings. The molecule has 0 amide bonds. The molecule has 0 aliphatic rings. The van der Waals surface area contributed by atoms with Gasteiger partial charge in [-0.25, -0.2) is 0 Å². The molecule has 0 spiro atoms. The van der Waals surface area contributed by atoms with Crippen molar-refractivity contribution in [3.63, 3.8) is 0 Å². The number of ketones is 1. The number of rotatable bonds is 6. The van der Waals surface area contributed by atoms with Crippen molar-refractivity contribution in [2.75, 3.05) is 14.1 Å². The minimum absolute atomic E-state index is 0.0853. The topological polar surface area (TPSA) is 69.1 Å². The van der Waals surface area contributed by atoms with E-state index in [1.165, 1.54) is 6.20 Å². The van der Waals surface area contributed by atoms with Crippen molar-refractivity contribution < 1.29 is 9.53 Å². The third kappa shape index (κ3) is 3.93. The number of hydrogen-bond acceptors (Lipinski definition) is 4. The number of nitriles is 1. The van der Waals surface area contributed by atoms with Gasteiger partial charge in [0, 0.05) is 37.3 Å². The molecule has 0 radical (unpaired) electrons. The van der Waals surface area contributed by atoms with Gasteiger partial charge >= 0.3 is 0 Å². The normalized spacial score (nSPS) is 11.2. The van der Waals surface area contributed by atoms with Crippen LogP contribution in [0.15, 0.2) is 66.4 Å². The second-order valence-electron chi connectivity index (χ2n) is 6.15. The summed E-state index contributed by atoms with van der Waals surface area (Å²) >= 11 is 0. The monoisotopic (exact) mass is 345 g/mol. The van der Waals surface area contributed by atoms with Crippen molar-refractivity contribution in [2.24, 2.45) is 0 Å². The van der Waals surface area contributed by atoms with E-state index in [0.717, 1.165) is 16.5 Å². The molecule has 3 rings (SSSR count). The van der Waals surface area contributed by atoms with Crippen LogP contribution in [0.4, 0.5) is 0 Å². The lowest BCUT2D eigenvalue weighted by Gasteiger charge is -2.06. The number of aromatic amines is 1. The predicted octanol–water partition coefficient (Wildman–Crippen LogP) is 3.90. The molecule has 3 aromatic rings. The number of hydrogen-bond donors (Lipinski definition) is 1. The zero-order chi connectivity index (χ0) is 18.5. The third-order valence-electron chi connectivity index (χ3n) is 3.84. The smallest absolute Gasteiger partial charge is 0.221 e. The van der Waals surface area contributed by atoms with Crippen LogP contribution >= 0.6 is 0 Å². The molecular formula is C21H19N3O2. The fraction of sp³-hybridized carbons (Fsp3) is 0.143. The Labute approximate surface area is 152 Å². The predicted molar refractivity (Wildman–Crippen MR) is 101 cm³/mol. The van der Waals surface area contributed by atoms with Gasteiger partial charge in [0.15, 0.2) is 0 Å².